The molecule has 5 nitrogen and oxygen atoms in total. The maximum atomic E-state index is 5.80. The Morgan fingerprint density at radius 1 is 1.11 bits per heavy atom. The zero-order chi connectivity index (χ0) is 19.3. The summed E-state index contributed by atoms with van der Waals surface area (Å²) in [6.45, 7) is 5.94. The van der Waals surface area contributed by atoms with Gasteiger partial charge in [0.25, 0.3) is 0 Å². The molecule has 0 N–H and O–H groups in total. The predicted molar refractivity (Wildman–Crippen MR) is 110 cm³/mol. The van der Waals surface area contributed by atoms with Gasteiger partial charge in [0.15, 0.2) is 0 Å². The van der Waals surface area contributed by atoms with Crippen LogP contribution in [-0.2, 0) is 24.0 Å². The second-order valence-corrected chi connectivity index (χ2v) is 8.37. The number of hydrogen-bond donors (Lipinski definition) is 0. The number of benzene rings is 1. The van der Waals surface area contributed by atoms with E-state index in [-0.39, 0.29) is 6.10 Å². The molecule has 0 amide bonds. The number of pyridine rings is 1. The van der Waals surface area contributed by atoms with E-state index in [2.05, 4.69) is 35.2 Å². The molecule has 0 bridgehead atoms. The minimum atomic E-state index is 0.170. The molecule has 1 aromatic carbocycles. The highest BCUT2D eigenvalue weighted by Crippen LogP contribution is 2.32. The van der Waals surface area contributed by atoms with E-state index in [1.807, 2.05) is 13.0 Å². The molecule has 1 aliphatic heterocycles. The van der Waals surface area contributed by atoms with Gasteiger partial charge in [0.2, 0.25) is 0 Å². The summed E-state index contributed by atoms with van der Waals surface area (Å²) in [6, 6.07) is 8.93. The van der Waals surface area contributed by atoms with E-state index >= 15 is 0 Å². The molecule has 2 aliphatic rings. The fourth-order valence-electron chi connectivity index (χ4n) is 4.87. The third-order valence-electron chi connectivity index (χ3n) is 6.36. The van der Waals surface area contributed by atoms with E-state index in [4.69, 9.17) is 14.2 Å². The zero-order valence-corrected chi connectivity index (χ0v) is 16.9. The van der Waals surface area contributed by atoms with Gasteiger partial charge in [-0.15, -0.1) is 0 Å². The van der Waals surface area contributed by atoms with Crippen molar-refractivity contribution in [3.63, 3.8) is 0 Å². The standard InChI is InChI=1S/C23H27N3O2/c1-14-7-23(24-21-11-17-6-4-5-16(17)10-20(14)21)26-12-18(22(13-26)27-3)9-19-8-15(2)25-28-19/h7-8,10-11,18,22H,4-6,9,12-13H2,1-3H3/t18-,22+/m1/s1. The molecule has 0 unspecified atom stereocenters. The van der Waals surface area contributed by atoms with Crippen molar-refractivity contribution in [2.45, 2.75) is 45.6 Å². The molecule has 2 atom stereocenters. The number of rotatable bonds is 4. The van der Waals surface area contributed by atoms with Crippen LogP contribution in [-0.4, -0.2) is 36.4 Å². The average Bonchev–Trinajstić information content (AvgIpc) is 3.40. The van der Waals surface area contributed by atoms with Crippen LogP contribution in [0.5, 0.6) is 0 Å². The van der Waals surface area contributed by atoms with Crippen molar-refractivity contribution in [3.8, 4) is 0 Å². The first kappa shape index (κ1) is 17.7. The largest absolute Gasteiger partial charge is 0.379 e. The lowest BCUT2D eigenvalue weighted by Gasteiger charge is -2.19. The van der Waals surface area contributed by atoms with Gasteiger partial charge in [-0.2, -0.15) is 0 Å². The van der Waals surface area contributed by atoms with Crippen LogP contribution in [0, 0.1) is 19.8 Å². The molecular weight excluding hydrogens is 350 g/mol. The lowest BCUT2D eigenvalue weighted by atomic mass is 10.0. The van der Waals surface area contributed by atoms with Crippen LogP contribution in [0.2, 0.25) is 0 Å². The smallest absolute Gasteiger partial charge is 0.137 e. The number of fused-ring (bicyclic) bond motifs is 2. The zero-order valence-electron chi connectivity index (χ0n) is 16.9. The number of anilines is 1. The lowest BCUT2D eigenvalue weighted by molar-refractivity contribution is 0.0813. The van der Waals surface area contributed by atoms with E-state index in [0.717, 1.165) is 42.3 Å². The normalized spacial score (nSPS) is 21.6. The average molecular weight is 377 g/mol. The first-order valence-corrected chi connectivity index (χ1v) is 10.2. The van der Waals surface area contributed by atoms with Crippen LogP contribution in [0.1, 0.15) is 34.6 Å². The second kappa shape index (κ2) is 6.89. The van der Waals surface area contributed by atoms with E-state index < -0.39 is 0 Å². The fraction of sp³-hybridized carbons (Fsp3) is 0.478. The molecule has 0 spiro atoms. The topological polar surface area (TPSA) is 51.4 Å². The minimum Gasteiger partial charge on any atom is -0.379 e. The quantitative estimate of drug-likeness (QED) is 0.687. The van der Waals surface area contributed by atoms with Crippen LogP contribution in [0.3, 0.4) is 0 Å². The summed E-state index contributed by atoms with van der Waals surface area (Å²) in [5.74, 6) is 2.36. The molecule has 5 heteroatoms. The molecule has 0 saturated carbocycles. The molecule has 0 radical (unpaired) electrons. The molecule has 28 heavy (non-hydrogen) atoms. The third-order valence-corrected chi connectivity index (χ3v) is 6.36. The Hall–Kier alpha value is -2.40. The lowest BCUT2D eigenvalue weighted by Crippen LogP contribution is -2.23. The van der Waals surface area contributed by atoms with E-state index in [0.29, 0.717) is 5.92 Å². The van der Waals surface area contributed by atoms with E-state index in [9.17, 15) is 0 Å². The molecule has 2 aromatic heterocycles. The SMILES string of the molecule is CO[C@H]1CN(c2cc(C)c3cc4c(cc3n2)CCC4)C[C@H]1Cc1cc(C)no1. The van der Waals surface area contributed by atoms with Gasteiger partial charge in [0.1, 0.15) is 11.6 Å². The van der Waals surface area contributed by atoms with Crippen molar-refractivity contribution in [2.75, 3.05) is 25.1 Å². The molecule has 1 aliphatic carbocycles. The molecule has 3 aromatic rings. The Kier molecular flexibility index (Phi) is 4.35. The molecule has 3 heterocycles. The summed E-state index contributed by atoms with van der Waals surface area (Å²) in [6.07, 6.45) is 4.67. The summed E-state index contributed by atoms with van der Waals surface area (Å²) in [4.78, 5) is 7.41. The second-order valence-electron chi connectivity index (χ2n) is 8.37. The number of ether oxygens (including phenoxy) is 1. The molecule has 146 valence electrons. The van der Waals surface area contributed by atoms with Crippen LogP contribution in [0.25, 0.3) is 10.9 Å². The van der Waals surface area contributed by atoms with Gasteiger partial charge in [0, 0.05) is 44.0 Å². The highest BCUT2D eigenvalue weighted by molar-refractivity contribution is 5.85. The van der Waals surface area contributed by atoms with Crippen molar-refractivity contribution in [1.82, 2.24) is 10.1 Å². The summed E-state index contributed by atoms with van der Waals surface area (Å²) in [5.41, 5.74) is 6.34. The van der Waals surface area contributed by atoms with Crippen molar-refractivity contribution < 1.29 is 9.26 Å². The predicted octanol–water partition coefficient (Wildman–Crippen LogP) is 4.02. The summed E-state index contributed by atoms with van der Waals surface area (Å²) >= 11 is 0. The van der Waals surface area contributed by atoms with Crippen LogP contribution in [0.4, 0.5) is 5.82 Å². The number of methoxy groups -OCH3 is 1. The highest BCUT2D eigenvalue weighted by Gasteiger charge is 2.34. The van der Waals surface area contributed by atoms with Crippen molar-refractivity contribution in [3.05, 3.63) is 52.4 Å². The number of aromatic nitrogens is 2. The van der Waals surface area contributed by atoms with Crippen LogP contribution < -0.4 is 4.90 Å². The van der Waals surface area contributed by atoms with E-state index in [1.165, 1.54) is 41.3 Å². The van der Waals surface area contributed by atoms with Gasteiger partial charge < -0.3 is 14.2 Å². The summed E-state index contributed by atoms with van der Waals surface area (Å²) in [5, 5.41) is 5.31. The van der Waals surface area contributed by atoms with Gasteiger partial charge in [-0.3, -0.25) is 0 Å². The van der Waals surface area contributed by atoms with Crippen LogP contribution in [0.15, 0.2) is 28.8 Å². The molecule has 1 fully saturated rings. The first-order valence-electron chi connectivity index (χ1n) is 10.2. The molecule has 1 saturated heterocycles. The molecule has 5 rings (SSSR count). The first-order chi connectivity index (χ1) is 13.6. The van der Waals surface area contributed by atoms with Crippen molar-refractivity contribution in [1.29, 1.82) is 0 Å². The van der Waals surface area contributed by atoms with Crippen molar-refractivity contribution >= 4 is 16.7 Å². The van der Waals surface area contributed by atoms with E-state index in [1.54, 1.807) is 7.11 Å². The Balaban J connectivity index is 1.43. The van der Waals surface area contributed by atoms with Gasteiger partial charge in [-0.1, -0.05) is 5.16 Å². The maximum absolute atomic E-state index is 5.80. The fourth-order valence-corrected chi connectivity index (χ4v) is 4.87. The maximum Gasteiger partial charge on any atom is 0.137 e. The van der Waals surface area contributed by atoms with Crippen LogP contribution >= 0.6 is 0 Å². The Bertz CT molecular complexity index is 1030. The van der Waals surface area contributed by atoms with Gasteiger partial charge in [-0.25, -0.2) is 4.98 Å². The van der Waals surface area contributed by atoms with Gasteiger partial charge in [0.05, 0.1) is 17.3 Å². The van der Waals surface area contributed by atoms with Gasteiger partial charge in [-0.05, 0) is 68.0 Å². The van der Waals surface area contributed by atoms with Crippen molar-refractivity contribution in [2.24, 2.45) is 5.92 Å². The van der Waals surface area contributed by atoms with Gasteiger partial charge >= 0.3 is 0 Å². The third kappa shape index (κ3) is 3.08. The minimum absolute atomic E-state index is 0.170. The summed E-state index contributed by atoms with van der Waals surface area (Å²) in [7, 11) is 1.80. The number of nitrogens with zero attached hydrogens (tertiary/aromatic N) is 3. The highest BCUT2D eigenvalue weighted by atomic mass is 16.5. The Morgan fingerprint density at radius 2 is 1.93 bits per heavy atom. The molecular formula is C23H27N3O2. The number of hydrogen-bond acceptors (Lipinski definition) is 5. The Morgan fingerprint density at radius 3 is 2.68 bits per heavy atom. The number of aryl methyl sites for hydroxylation is 4. The Labute approximate surface area is 165 Å². The monoisotopic (exact) mass is 377 g/mol. The summed E-state index contributed by atoms with van der Waals surface area (Å²) < 4.78 is 11.2.